The first-order valence-electron chi connectivity index (χ1n) is 13.6. The maximum absolute atomic E-state index is 6.13. The van der Waals surface area contributed by atoms with E-state index in [1.54, 1.807) is 0 Å². The Morgan fingerprint density at radius 1 is 0.525 bits per heavy atom. The third-order valence-electron chi connectivity index (χ3n) is 7.43. The Hall–Kier alpha value is -4.58. The van der Waals surface area contributed by atoms with Crippen molar-refractivity contribution in [3.8, 4) is 22.3 Å². The van der Waals surface area contributed by atoms with E-state index < -0.39 is 0 Å². The number of fused-ring (bicyclic) bond motifs is 2. The van der Waals surface area contributed by atoms with Crippen LogP contribution in [-0.4, -0.2) is 46.1 Å². The van der Waals surface area contributed by atoms with E-state index in [0.717, 1.165) is 54.9 Å². The third kappa shape index (κ3) is 4.20. The fourth-order valence-corrected chi connectivity index (χ4v) is 5.61. The van der Waals surface area contributed by atoms with Gasteiger partial charge in [-0.05, 0) is 72.5 Å². The normalized spacial score (nSPS) is 17.4. The number of ether oxygens (including phenoxy) is 2. The van der Waals surface area contributed by atoms with Crippen LogP contribution in [0.4, 0.5) is 0 Å². The van der Waals surface area contributed by atoms with Crippen LogP contribution < -0.4 is 0 Å². The average molecular weight is 527 g/mol. The first-order chi connectivity index (χ1) is 19.3. The second-order valence-corrected chi connectivity index (χ2v) is 11.7. The van der Waals surface area contributed by atoms with E-state index in [-0.39, 0.29) is 11.2 Å². The van der Waals surface area contributed by atoms with Crippen LogP contribution in [-0.2, 0) is 9.47 Å². The van der Waals surface area contributed by atoms with Crippen molar-refractivity contribution in [2.45, 2.75) is 38.9 Å². The second kappa shape index (κ2) is 8.98. The van der Waals surface area contributed by atoms with Crippen LogP contribution >= 0.6 is 0 Å². The van der Waals surface area contributed by atoms with Gasteiger partial charge >= 0.3 is 0 Å². The molecule has 7 rings (SSSR count). The number of nitrogens with zero attached hydrogens (tertiary/aromatic N) is 4. The maximum atomic E-state index is 6.13. The monoisotopic (exact) mass is 526 g/mol. The van der Waals surface area contributed by atoms with Gasteiger partial charge in [0.2, 0.25) is 11.8 Å². The fraction of sp³-hybridized carbons (Fsp3) is 0.235. The van der Waals surface area contributed by atoms with Crippen molar-refractivity contribution < 1.29 is 9.47 Å². The topological polar surface area (TPSA) is 69.0 Å². The molecule has 0 saturated heterocycles. The molecular weight excluding hydrogens is 496 g/mol. The summed E-state index contributed by atoms with van der Waals surface area (Å²) in [5, 5.41) is 4.58. The van der Waals surface area contributed by atoms with Gasteiger partial charge in [0.25, 0.3) is 0 Å². The summed E-state index contributed by atoms with van der Waals surface area (Å²) in [7, 11) is 0. The number of aromatic nitrogens is 2. The maximum Gasteiger partial charge on any atom is 0.218 e. The van der Waals surface area contributed by atoms with Crippen LogP contribution in [0.15, 0.2) is 95.4 Å². The number of hydrogen-bond acceptors (Lipinski definition) is 6. The summed E-state index contributed by atoms with van der Waals surface area (Å²) in [4.78, 5) is 18.5. The first kappa shape index (κ1) is 24.5. The van der Waals surface area contributed by atoms with Crippen LogP contribution in [0.5, 0.6) is 0 Å². The minimum absolute atomic E-state index is 0.306. The molecule has 0 aliphatic carbocycles. The van der Waals surface area contributed by atoms with Gasteiger partial charge in [-0.2, -0.15) is 0 Å². The summed E-state index contributed by atoms with van der Waals surface area (Å²) in [6.07, 6.45) is 7.51. The van der Waals surface area contributed by atoms with Gasteiger partial charge in [0.15, 0.2) is 0 Å². The molecule has 3 aromatic carbocycles. The Balaban J connectivity index is 1.44. The molecule has 6 nitrogen and oxygen atoms in total. The highest BCUT2D eigenvalue weighted by molar-refractivity contribution is 6.21. The lowest BCUT2D eigenvalue weighted by molar-refractivity contribution is 0.131. The van der Waals surface area contributed by atoms with Crippen molar-refractivity contribution in [2.24, 2.45) is 9.98 Å². The van der Waals surface area contributed by atoms with E-state index in [2.05, 4.69) is 108 Å². The van der Waals surface area contributed by atoms with Gasteiger partial charge in [-0.3, -0.25) is 9.97 Å². The van der Waals surface area contributed by atoms with Crippen molar-refractivity contribution >= 4 is 33.3 Å². The van der Waals surface area contributed by atoms with Crippen LogP contribution in [0.3, 0.4) is 0 Å². The molecule has 198 valence electrons. The molecule has 0 saturated carbocycles. The Morgan fingerprint density at radius 2 is 0.875 bits per heavy atom. The molecule has 4 heterocycles. The zero-order chi connectivity index (χ0) is 27.5. The highest BCUT2D eigenvalue weighted by atomic mass is 16.5. The van der Waals surface area contributed by atoms with Gasteiger partial charge in [-0.25, -0.2) is 9.98 Å². The molecule has 0 N–H and O–H groups in total. The SMILES string of the molecule is CC1(C)CN=C(c2cncc(-c3c4ccccc4c(-c4cncc(C5=NCC(C)(C)O5)c4)c4ccccc34)c2)O1. The summed E-state index contributed by atoms with van der Waals surface area (Å²) < 4.78 is 12.3. The van der Waals surface area contributed by atoms with Gasteiger partial charge < -0.3 is 9.47 Å². The predicted molar refractivity (Wildman–Crippen MR) is 161 cm³/mol. The minimum atomic E-state index is -0.306. The van der Waals surface area contributed by atoms with Gasteiger partial charge in [-0.1, -0.05) is 48.5 Å². The van der Waals surface area contributed by atoms with Crippen molar-refractivity contribution in [1.82, 2.24) is 9.97 Å². The standard InChI is InChI=1S/C34H30N4O2/c1-33(2)19-37-31(39-33)23-13-21(15-35-17-23)29-25-9-5-7-11-27(25)30(28-12-8-6-10-26(28)29)22-14-24(18-36-16-22)32-38-20-34(3,4)40-32/h5-18H,19-20H2,1-4H3. The van der Waals surface area contributed by atoms with Gasteiger partial charge in [-0.15, -0.1) is 0 Å². The molecule has 0 bridgehead atoms. The summed E-state index contributed by atoms with van der Waals surface area (Å²) in [6.45, 7) is 9.48. The lowest BCUT2D eigenvalue weighted by atomic mass is 9.86. The molecule has 0 amide bonds. The Morgan fingerprint density at radius 3 is 1.20 bits per heavy atom. The van der Waals surface area contributed by atoms with Crippen molar-refractivity contribution in [3.63, 3.8) is 0 Å². The van der Waals surface area contributed by atoms with Crippen LogP contribution in [0.1, 0.15) is 38.8 Å². The molecule has 6 heteroatoms. The summed E-state index contributed by atoms with van der Waals surface area (Å²) in [6, 6.07) is 21.4. The van der Waals surface area contributed by atoms with Crippen molar-refractivity contribution in [2.75, 3.05) is 13.1 Å². The lowest BCUT2D eigenvalue weighted by Gasteiger charge is -2.19. The number of aliphatic imine (C=N–C) groups is 2. The molecule has 2 aliphatic heterocycles. The Bertz CT molecular complexity index is 1680. The van der Waals surface area contributed by atoms with E-state index >= 15 is 0 Å². The second-order valence-electron chi connectivity index (χ2n) is 11.7. The number of hydrogen-bond donors (Lipinski definition) is 0. The molecular formula is C34H30N4O2. The Kier molecular flexibility index (Phi) is 5.49. The largest absolute Gasteiger partial charge is 0.469 e. The highest BCUT2D eigenvalue weighted by Crippen LogP contribution is 2.43. The van der Waals surface area contributed by atoms with Crippen molar-refractivity contribution in [1.29, 1.82) is 0 Å². The van der Waals surface area contributed by atoms with E-state index in [0.29, 0.717) is 24.9 Å². The first-order valence-corrected chi connectivity index (χ1v) is 13.6. The molecule has 2 aliphatic rings. The summed E-state index contributed by atoms with van der Waals surface area (Å²) in [5.74, 6) is 1.29. The zero-order valence-corrected chi connectivity index (χ0v) is 23.1. The molecule has 0 spiro atoms. The number of benzene rings is 3. The minimum Gasteiger partial charge on any atom is -0.469 e. The van der Waals surface area contributed by atoms with Gasteiger partial charge in [0.05, 0.1) is 24.2 Å². The number of rotatable bonds is 4. The average Bonchev–Trinajstić information content (AvgIpc) is 3.52. The van der Waals surface area contributed by atoms with E-state index in [4.69, 9.17) is 9.47 Å². The van der Waals surface area contributed by atoms with Gasteiger partial charge in [0.1, 0.15) is 11.2 Å². The molecule has 0 unspecified atom stereocenters. The van der Waals surface area contributed by atoms with E-state index in [1.165, 1.54) is 0 Å². The molecule has 40 heavy (non-hydrogen) atoms. The van der Waals surface area contributed by atoms with Crippen LogP contribution in [0.25, 0.3) is 43.8 Å². The van der Waals surface area contributed by atoms with Crippen LogP contribution in [0.2, 0.25) is 0 Å². The van der Waals surface area contributed by atoms with E-state index in [9.17, 15) is 0 Å². The van der Waals surface area contributed by atoms with E-state index in [1.807, 2.05) is 24.8 Å². The molecule has 0 fully saturated rings. The smallest absolute Gasteiger partial charge is 0.218 e. The number of pyridine rings is 2. The lowest BCUT2D eigenvalue weighted by Crippen LogP contribution is -2.24. The fourth-order valence-electron chi connectivity index (χ4n) is 5.61. The third-order valence-corrected chi connectivity index (χ3v) is 7.43. The molecule has 2 aromatic heterocycles. The quantitative estimate of drug-likeness (QED) is 0.232. The van der Waals surface area contributed by atoms with Gasteiger partial charge in [0, 0.05) is 35.9 Å². The highest BCUT2D eigenvalue weighted by Gasteiger charge is 2.30. The molecule has 0 atom stereocenters. The molecule has 5 aromatic rings. The van der Waals surface area contributed by atoms with Crippen molar-refractivity contribution in [3.05, 3.63) is 96.6 Å². The molecule has 0 radical (unpaired) electrons. The zero-order valence-electron chi connectivity index (χ0n) is 23.1. The summed E-state index contributed by atoms with van der Waals surface area (Å²) >= 11 is 0. The van der Waals surface area contributed by atoms with Crippen LogP contribution in [0, 0.1) is 0 Å². The Labute approximate surface area is 233 Å². The predicted octanol–water partition coefficient (Wildman–Crippen LogP) is 7.23. The summed E-state index contributed by atoms with van der Waals surface area (Å²) in [5.41, 5.74) is 5.48.